The van der Waals surface area contributed by atoms with Crippen LogP contribution in [0, 0.1) is 6.92 Å². The summed E-state index contributed by atoms with van der Waals surface area (Å²) in [6.45, 7) is 5.13. The second-order valence-electron chi connectivity index (χ2n) is 5.48. The molecule has 3 aromatic rings. The van der Waals surface area contributed by atoms with Crippen molar-refractivity contribution in [2.75, 3.05) is 6.54 Å². The molecule has 7 nitrogen and oxygen atoms in total. The van der Waals surface area contributed by atoms with Crippen LogP contribution in [0.5, 0.6) is 0 Å². The lowest BCUT2D eigenvalue weighted by Gasteiger charge is -2.20. The minimum absolute atomic E-state index is 0.141. The second kappa shape index (κ2) is 5.62. The van der Waals surface area contributed by atoms with Gasteiger partial charge in [-0.15, -0.1) is 11.3 Å². The fourth-order valence-electron chi connectivity index (χ4n) is 2.81. The molecular weight excluding hydrogens is 300 g/mol. The summed E-state index contributed by atoms with van der Waals surface area (Å²) in [7, 11) is 0. The predicted molar refractivity (Wildman–Crippen MR) is 80.2 cm³/mol. The molecule has 0 N–H and O–H groups in total. The summed E-state index contributed by atoms with van der Waals surface area (Å²) in [5, 5.41) is 11.5. The highest BCUT2D eigenvalue weighted by Gasteiger charge is 2.27. The molecule has 114 valence electrons. The first-order valence-electron chi connectivity index (χ1n) is 7.19. The molecule has 0 saturated heterocycles. The lowest BCUT2D eigenvalue weighted by molar-refractivity contribution is 0.226. The maximum atomic E-state index is 5.39. The van der Waals surface area contributed by atoms with E-state index in [1.54, 1.807) is 11.3 Å². The summed E-state index contributed by atoms with van der Waals surface area (Å²) in [5.74, 6) is 1.50. The maximum absolute atomic E-state index is 5.39. The number of rotatable bonds is 3. The molecule has 0 aromatic carbocycles. The van der Waals surface area contributed by atoms with Gasteiger partial charge in [0.1, 0.15) is 5.01 Å². The van der Waals surface area contributed by atoms with Gasteiger partial charge < -0.3 is 4.52 Å². The Labute approximate surface area is 131 Å². The van der Waals surface area contributed by atoms with Gasteiger partial charge in [0, 0.05) is 30.9 Å². The molecule has 1 aliphatic heterocycles. The summed E-state index contributed by atoms with van der Waals surface area (Å²) >= 11 is 1.68. The Balaban J connectivity index is 1.62. The Morgan fingerprint density at radius 3 is 3.09 bits per heavy atom. The molecule has 1 atom stereocenters. The highest BCUT2D eigenvalue weighted by Crippen LogP contribution is 2.24. The molecule has 0 spiro atoms. The average molecular weight is 316 g/mol. The Hall–Kier alpha value is -2.06. The number of nitrogens with zero attached hydrogens (tertiary/aromatic N) is 6. The van der Waals surface area contributed by atoms with Crippen LogP contribution in [0.4, 0.5) is 0 Å². The van der Waals surface area contributed by atoms with Crippen LogP contribution in [0.3, 0.4) is 0 Å². The third-order valence-corrected chi connectivity index (χ3v) is 4.56. The molecule has 8 heteroatoms. The van der Waals surface area contributed by atoms with Crippen LogP contribution in [-0.2, 0) is 19.6 Å². The van der Waals surface area contributed by atoms with E-state index in [4.69, 9.17) is 4.52 Å². The first kappa shape index (κ1) is 13.6. The number of aryl methyl sites for hydroxylation is 1. The normalized spacial score (nSPS) is 19.0. The third-order valence-electron chi connectivity index (χ3n) is 3.80. The Morgan fingerprint density at radius 1 is 1.36 bits per heavy atom. The second-order valence-corrected chi connectivity index (χ2v) is 6.46. The van der Waals surface area contributed by atoms with Gasteiger partial charge in [0.2, 0.25) is 5.89 Å². The van der Waals surface area contributed by atoms with Gasteiger partial charge in [-0.25, -0.2) is 4.98 Å². The van der Waals surface area contributed by atoms with E-state index in [1.807, 2.05) is 29.4 Å². The molecule has 4 heterocycles. The molecule has 0 saturated carbocycles. The maximum Gasteiger partial charge on any atom is 0.232 e. The van der Waals surface area contributed by atoms with Crippen molar-refractivity contribution in [3.63, 3.8) is 0 Å². The number of fused-ring (bicyclic) bond motifs is 1. The van der Waals surface area contributed by atoms with Crippen LogP contribution in [0.2, 0.25) is 0 Å². The van der Waals surface area contributed by atoms with Gasteiger partial charge in [-0.05, 0) is 13.0 Å². The van der Waals surface area contributed by atoms with Gasteiger partial charge in [0.25, 0.3) is 0 Å². The molecule has 0 bridgehead atoms. The first-order valence-corrected chi connectivity index (χ1v) is 8.07. The zero-order chi connectivity index (χ0) is 14.9. The van der Waals surface area contributed by atoms with Crippen LogP contribution >= 0.6 is 11.3 Å². The summed E-state index contributed by atoms with van der Waals surface area (Å²) in [5.41, 5.74) is 1.20. The Morgan fingerprint density at radius 2 is 2.32 bits per heavy atom. The van der Waals surface area contributed by atoms with Crippen molar-refractivity contribution in [2.24, 2.45) is 0 Å². The highest BCUT2D eigenvalue weighted by atomic mass is 32.1. The highest BCUT2D eigenvalue weighted by molar-refractivity contribution is 7.09. The van der Waals surface area contributed by atoms with Crippen molar-refractivity contribution in [3.8, 4) is 0 Å². The van der Waals surface area contributed by atoms with Gasteiger partial charge in [-0.3, -0.25) is 9.58 Å². The molecule has 0 fully saturated rings. The predicted octanol–water partition coefficient (Wildman–Crippen LogP) is 1.83. The molecular formula is C14H16N6OS. The van der Waals surface area contributed by atoms with Gasteiger partial charge >= 0.3 is 0 Å². The number of hydrogen-bond acceptors (Lipinski definition) is 7. The van der Waals surface area contributed by atoms with Gasteiger partial charge in [0.05, 0.1) is 24.7 Å². The minimum Gasteiger partial charge on any atom is -0.339 e. The van der Waals surface area contributed by atoms with E-state index >= 15 is 0 Å². The van der Waals surface area contributed by atoms with Crippen molar-refractivity contribution < 1.29 is 4.52 Å². The number of aromatic nitrogens is 5. The summed E-state index contributed by atoms with van der Waals surface area (Å²) in [4.78, 5) is 11.2. The lowest BCUT2D eigenvalue weighted by atomic mass is 10.1. The number of thiazole rings is 1. The van der Waals surface area contributed by atoms with Crippen LogP contribution in [-0.4, -0.2) is 36.3 Å². The van der Waals surface area contributed by atoms with Crippen molar-refractivity contribution in [3.05, 3.63) is 46.3 Å². The quantitative estimate of drug-likeness (QED) is 0.734. The standard InChI is InChI=1S/C14H16N6OS/c1-10-17-14(21-18-10)11-6-19(9-13-15-4-5-22-13)8-12-2-3-16-20(12)7-11/h2-5,11H,6-9H2,1H3. The van der Waals surface area contributed by atoms with Crippen LogP contribution < -0.4 is 0 Å². The smallest absolute Gasteiger partial charge is 0.232 e. The lowest BCUT2D eigenvalue weighted by Crippen LogP contribution is -2.26. The van der Waals surface area contributed by atoms with Crippen molar-refractivity contribution in [2.45, 2.75) is 32.5 Å². The van der Waals surface area contributed by atoms with Gasteiger partial charge in [-0.1, -0.05) is 5.16 Å². The van der Waals surface area contributed by atoms with Crippen molar-refractivity contribution >= 4 is 11.3 Å². The van der Waals surface area contributed by atoms with Crippen LogP contribution in [0.1, 0.15) is 28.3 Å². The molecule has 3 aromatic heterocycles. The summed E-state index contributed by atoms with van der Waals surface area (Å²) in [6, 6.07) is 2.07. The fourth-order valence-corrected chi connectivity index (χ4v) is 3.47. The SMILES string of the molecule is Cc1noc(C2CN(Cc3nccs3)Cc3ccnn3C2)n1. The average Bonchev–Trinajstić information content (AvgIpc) is 3.21. The van der Waals surface area contributed by atoms with E-state index in [0.717, 1.165) is 31.2 Å². The molecule has 4 rings (SSSR count). The summed E-state index contributed by atoms with van der Waals surface area (Å²) in [6.07, 6.45) is 3.69. The number of hydrogen-bond donors (Lipinski definition) is 0. The van der Waals surface area contributed by atoms with E-state index in [0.29, 0.717) is 11.7 Å². The van der Waals surface area contributed by atoms with Crippen molar-refractivity contribution in [1.82, 2.24) is 29.8 Å². The molecule has 1 aliphatic rings. The van der Waals surface area contributed by atoms with E-state index < -0.39 is 0 Å². The van der Waals surface area contributed by atoms with Crippen LogP contribution in [0.25, 0.3) is 0 Å². The molecule has 22 heavy (non-hydrogen) atoms. The molecule has 0 amide bonds. The van der Waals surface area contributed by atoms with Crippen molar-refractivity contribution in [1.29, 1.82) is 0 Å². The van der Waals surface area contributed by atoms with E-state index in [-0.39, 0.29) is 5.92 Å². The summed E-state index contributed by atoms with van der Waals surface area (Å²) < 4.78 is 7.43. The zero-order valence-corrected chi connectivity index (χ0v) is 13.0. The first-order chi connectivity index (χ1) is 10.8. The Kier molecular flexibility index (Phi) is 3.47. The van der Waals surface area contributed by atoms with Crippen LogP contribution in [0.15, 0.2) is 28.4 Å². The van der Waals surface area contributed by atoms with Gasteiger partial charge in [-0.2, -0.15) is 10.1 Å². The molecule has 0 radical (unpaired) electrons. The van der Waals surface area contributed by atoms with E-state index in [2.05, 4.69) is 31.2 Å². The van der Waals surface area contributed by atoms with E-state index in [1.165, 1.54) is 5.69 Å². The fraction of sp³-hybridized carbons (Fsp3) is 0.429. The minimum atomic E-state index is 0.141. The molecule has 1 unspecified atom stereocenters. The zero-order valence-electron chi connectivity index (χ0n) is 12.2. The largest absolute Gasteiger partial charge is 0.339 e. The third kappa shape index (κ3) is 2.67. The Bertz CT molecular complexity index is 749. The van der Waals surface area contributed by atoms with Gasteiger partial charge in [0.15, 0.2) is 5.82 Å². The monoisotopic (exact) mass is 316 g/mol. The topological polar surface area (TPSA) is 72.9 Å². The molecule has 0 aliphatic carbocycles. The van der Waals surface area contributed by atoms with E-state index in [9.17, 15) is 0 Å².